The van der Waals surface area contributed by atoms with Crippen LogP contribution in [-0.4, -0.2) is 16.8 Å². The molecule has 0 saturated carbocycles. The maximum absolute atomic E-state index is 6.21. The Hall–Kier alpha value is -1.26. The van der Waals surface area contributed by atoms with Crippen LogP contribution in [0.2, 0.25) is 5.02 Å². The molecule has 0 aliphatic heterocycles. The highest BCUT2D eigenvalue weighted by atomic mass is 35.5. The van der Waals surface area contributed by atoms with Crippen molar-refractivity contribution in [2.75, 3.05) is 7.05 Å². The number of aryl methyl sites for hydroxylation is 2. The Morgan fingerprint density at radius 1 is 1.56 bits per heavy atom. The molecule has 2 aromatic heterocycles. The van der Waals surface area contributed by atoms with E-state index in [4.69, 9.17) is 16.0 Å². The summed E-state index contributed by atoms with van der Waals surface area (Å²) in [4.78, 5) is 0. The maximum Gasteiger partial charge on any atom is 0.103 e. The summed E-state index contributed by atoms with van der Waals surface area (Å²) in [5.41, 5.74) is 1.05. The van der Waals surface area contributed by atoms with Gasteiger partial charge in [0.2, 0.25) is 0 Å². The van der Waals surface area contributed by atoms with E-state index < -0.39 is 0 Å². The average molecular weight is 268 g/mol. The number of hydrogen-bond donors (Lipinski definition) is 1. The van der Waals surface area contributed by atoms with Gasteiger partial charge in [0.05, 0.1) is 29.2 Å². The van der Waals surface area contributed by atoms with Crippen LogP contribution in [0.25, 0.3) is 0 Å². The van der Waals surface area contributed by atoms with Gasteiger partial charge in [0.25, 0.3) is 0 Å². The summed E-state index contributed by atoms with van der Waals surface area (Å²) in [5, 5.41) is 8.28. The zero-order chi connectivity index (χ0) is 13.0. The molecule has 5 heteroatoms. The van der Waals surface area contributed by atoms with Gasteiger partial charge in [0, 0.05) is 13.0 Å². The van der Waals surface area contributed by atoms with Gasteiger partial charge in [-0.2, -0.15) is 5.10 Å². The van der Waals surface area contributed by atoms with Crippen molar-refractivity contribution in [2.45, 2.75) is 32.4 Å². The minimum Gasteiger partial charge on any atom is -0.469 e. The van der Waals surface area contributed by atoms with Crippen LogP contribution in [0, 0.1) is 0 Å². The molecule has 98 valence electrons. The number of aromatic nitrogens is 2. The fourth-order valence-corrected chi connectivity index (χ4v) is 2.40. The molecule has 0 aliphatic rings. The molecule has 1 unspecified atom stereocenters. The molecule has 0 saturated heterocycles. The SMILES string of the molecule is CCn1ncc(Cl)c1C(CCc1ccco1)NC. The van der Waals surface area contributed by atoms with Crippen LogP contribution in [0.1, 0.15) is 30.8 Å². The Labute approximate surface area is 112 Å². The number of rotatable bonds is 6. The molecule has 0 fully saturated rings. The highest BCUT2D eigenvalue weighted by molar-refractivity contribution is 6.31. The number of furan rings is 1. The van der Waals surface area contributed by atoms with Gasteiger partial charge in [0.1, 0.15) is 5.76 Å². The van der Waals surface area contributed by atoms with Gasteiger partial charge in [-0.05, 0) is 32.5 Å². The predicted octanol–water partition coefficient (Wildman–Crippen LogP) is 3.04. The van der Waals surface area contributed by atoms with Crippen LogP contribution in [-0.2, 0) is 13.0 Å². The van der Waals surface area contributed by atoms with Crippen molar-refractivity contribution in [1.29, 1.82) is 0 Å². The standard InChI is InChI=1S/C13H18ClN3O/c1-3-17-13(11(14)9-16-17)12(15-2)7-6-10-5-4-8-18-10/h4-5,8-9,12,15H,3,6-7H2,1-2H3. The molecule has 0 aromatic carbocycles. The first-order chi connectivity index (χ1) is 8.76. The smallest absolute Gasteiger partial charge is 0.103 e. The largest absolute Gasteiger partial charge is 0.469 e. The van der Waals surface area contributed by atoms with Gasteiger partial charge < -0.3 is 9.73 Å². The lowest BCUT2D eigenvalue weighted by Crippen LogP contribution is -2.21. The van der Waals surface area contributed by atoms with Gasteiger partial charge in [-0.1, -0.05) is 11.6 Å². The number of hydrogen-bond acceptors (Lipinski definition) is 3. The fourth-order valence-electron chi connectivity index (χ4n) is 2.13. The van der Waals surface area contributed by atoms with Gasteiger partial charge in [-0.3, -0.25) is 4.68 Å². The van der Waals surface area contributed by atoms with E-state index in [0.29, 0.717) is 0 Å². The van der Waals surface area contributed by atoms with E-state index >= 15 is 0 Å². The van der Waals surface area contributed by atoms with Crippen molar-refractivity contribution >= 4 is 11.6 Å². The minimum atomic E-state index is 0.185. The van der Waals surface area contributed by atoms with Crippen LogP contribution >= 0.6 is 11.6 Å². The molecule has 2 aromatic rings. The van der Waals surface area contributed by atoms with Crippen LogP contribution in [0.15, 0.2) is 29.0 Å². The fraction of sp³-hybridized carbons (Fsp3) is 0.462. The molecule has 2 rings (SSSR count). The molecule has 18 heavy (non-hydrogen) atoms. The average Bonchev–Trinajstić information content (AvgIpc) is 3.01. The maximum atomic E-state index is 6.21. The topological polar surface area (TPSA) is 43.0 Å². The lowest BCUT2D eigenvalue weighted by atomic mass is 10.1. The molecular formula is C13H18ClN3O. The summed E-state index contributed by atoms with van der Waals surface area (Å²) in [6.45, 7) is 2.88. The molecule has 0 aliphatic carbocycles. The summed E-state index contributed by atoms with van der Waals surface area (Å²) >= 11 is 6.21. The number of halogens is 1. The summed E-state index contributed by atoms with van der Waals surface area (Å²) in [5.74, 6) is 0.994. The Kier molecular flexibility index (Phi) is 4.44. The first-order valence-corrected chi connectivity index (χ1v) is 6.55. The second kappa shape index (κ2) is 6.07. The van der Waals surface area contributed by atoms with E-state index in [1.54, 1.807) is 12.5 Å². The minimum absolute atomic E-state index is 0.185. The zero-order valence-electron chi connectivity index (χ0n) is 10.7. The highest BCUT2D eigenvalue weighted by Crippen LogP contribution is 2.26. The van der Waals surface area contributed by atoms with Crippen LogP contribution in [0.3, 0.4) is 0 Å². The quantitative estimate of drug-likeness (QED) is 0.875. The summed E-state index contributed by atoms with van der Waals surface area (Å²) in [6.07, 6.45) is 5.21. The van der Waals surface area contributed by atoms with Gasteiger partial charge >= 0.3 is 0 Å². The van der Waals surface area contributed by atoms with Crippen LogP contribution in [0.4, 0.5) is 0 Å². The van der Waals surface area contributed by atoms with E-state index in [2.05, 4.69) is 17.3 Å². The highest BCUT2D eigenvalue weighted by Gasteiger charge is 2.18. The first kappa shape index (κ1) is 13.2. The molecule has 0 spiro atoms. The first-order valence-electron chi connectivity index (χ1n) is 6.17. The lowest BCUT2D eigenvalue weighted by molar-refractivity contribution is 0.449. The van der Waals surface area contributed by atoms with Crippen molar-refractivity contribution in [3.8, 4) is 0 Å². The van der Waals surface area contributed by atoms with Gasteiger partial charge in [0.15, 0.2) is 0 Å². The van der Waals surface area contributed by atoms with Crippen LogP contribution in [0.5, 0.6) is 0 Å². The zero-order valence-corrected chi connectivity index (χ0v) is 11.4. The Morgan fingerprint density at radius 2 is 2.39 bits per heavy atom. The second-order valence-corrected chi connectivity index (χ2v) is 4.56. The monoisotopic (exact) mass is 267 g/mol. The van der Waals surface area contributed by atoms with Crippen molar-refractivity contribution in [2.24, 2.45) is 0 Å². The Bertz CT molecular complexity index is 478. The van der Waals surface area contributed by atoms with Crippen LogP contribution < -0.4 is 5.32 Å². The van der Waals surface area contributed by atoms with Crippen molar-refractivity contribution < 1.29 is 4.42 Å². The normalized spacial score (nSPS) is 12.8. The van der Waals surface area contributed by atoms with Crippen molar-refractivity contribution in [3.05, 3.63) is 41.1 Å². The molecule has 0 bridgehead atoms. The van der Waals surface area contributed by atoms with E-state index in [0.717, 1.165) is 35.9 Å². The van der Waals surface area contributed by atoms with E-state index in [9.17, 15) is 0 Å². The summed E-state index contributed by atoms with van der Waals surface area (Å²) in [6, 6.07) is 4.09. The predicted molar refractivity (Wildman–Crippen MR) is 71.7 cm³/mol. The molecule has 1 atom stereocenters. The Balaban J connectivity index is 2.10. The van der Waals surface area contributed by atoms with Gasteiger partial charge in [-0.25, -0.2) is 0 Å². The van der Waals surface area contributed by atoms with Gasteiger partial charge in [-0.15, -0.1) is 0 Å². The lowest BCUT2D eigenvalue weighted by Gasteiger charge is -2.17. The van der Waals surface area contributed by atoms with E-state index in [1.807, 2.05) is 23.9 Å². The third kappa shape index (κ3) is 2.76. The molecule has 2 heterocycles. The molecule has 1 N–H and O–H groups in total. The number of nitrogens with one attached hydrogen (secondary N) is 1. The molecular weight excluding hydrogens is 250 g/mol. The summed E-state index contributed by atoms with van der Waals surface area (Å²) < 4.78 is 7.29. The third-order valence-electron chi connectivity index (χ3n) is 3.07. The van der Waals surface area contributed by atoms with Crippen molar-refractivity contribution in [1.82, 2.24) is 15.1 Å². The van der Waals surface area contributed by atoms with E-state index in [1.165, 1.54) is 0 Å². The summed E-state index contributed by atoms with van der Waals surface area (Å²) in [7, 11) is 1.94. The van der Waals surface area contributed by atoms with E-state index in [-0.39, 0.29) is 6.04 Å². The van der Waals surface area contributed by atoms with Crippen molar-refractivity contribution in [3.63, 3.8) is 0 Å². The molecule has 0 radical (unpaired) electrons. The number of nitrogens with zero attached hydrogens (tertiary/aromatic N) is 2. The second-order valence-electron chi connectivity index (χ2n) is 4.15. The Morgan fingerprint density at radius 3 is 3.00 bits per heavy atom. The molecule has 0 amide bonds. The third-order valence-corrected chi connectivity index (χ3v) is 3.36. The molecule has 4 nitrogen and oxygen atoms in total.